The summed E-state index contributed by atoms with van der Waals surface area (Å²) in [7, 11) is 0. The highest BCUT2D eigenvalue weighted by molar-refractivity contribution is 5.96. The van der Waals surface area contributed by atoms with E-state index in [9.17, 15) is 25.2 Å². The molecule has 1 heterocycles. The van der Waals surface area contributed by atoms with Crippen molar-refractivity contribution in [2.45, 2.75) is 45.4 Å². The summed E-state index contributed by atoms with van der Waals surface area (Å²) in [6.07, 6.45) is 5.41. The van der Waals surface area contributed by atoms with Crippen molar-refractivity contribution in [1.82, 2.24) is 0 Å². The van der Waals surface area contributed by atoms with Gasteiger partial charge >= 0.3 is 0 Å². The molecule has 0 unspecified atom stereocenters. The smallest absolute Gasteiger partial charge is 0.204 e. The van der Waals surface area contributed by atoms with Gasteiger partial charge in [0.15, 0.2) is 11.5 Å². The second-order valence-corrected chi connectivity index (χ2v) is 6.53. The van der Waals surface area contributed by atoms with Crippen LogP contribution in [0.4, 0.5) is 0 Å². The van der Waals surface area contributed by atoms with Crippen LogP contribution in [0.15, 0.2) is 27.4 Å². The SMILES string of the molecule is CCCCCCCc1c(O)c(O)cc2oc3cc(O)cc(O)c3c(=O)c12. The normalized spacial score (nSPS) is 11.4. The summed E-state index contributed by atoms with van der Waals surface area (Å²) in [6.45, 7) is 2.12. The van der Waals surface area contributed by atoms with Crippen molar-refractivity contribution in [2.24, 2.45) is 0 Å². The van der Waals surface area contributed by atoms with Crippen molar-refractivity contribution in [3.05, 3.63) is 34.0 Å². The quantitative estimate of drug-likeness (QED) is 0.297. The van der Waals surface area contributed by atoms with Gasteiger partial charge in [0.25, 0.3) is 0 Å². The Morgan fingerprint density at radius 1 is 0.846 bits per heavy atom. The van der Waals surface area contributed by atoms with Gasteiger partial charge in [-0.1, -0.05) is 32.6 Å². The number of hydrogen-bond acceptors (Lipinski definition) is 6. The van der Waals surface area contributed by atoms with Crippen molar-refractivity contribution in [3.8, 4) is 23.0 Å². The molecular formula is C20H22O6. The molecule has 0 aliphatic carbocycles. The predicted octanol–water partition coefficient (Wildman–Crippen LogP) is 4.28. The molecule has 0 atom stereocenters. The highest BCUT2D eigenvalue weighted by Gasteiger charge is 2.20. The fraction of sp³-hybridized carbons (Fsp3) is 0.350. The fourth-order valence-electron chi connectivity index (χ4n) is 3.30. The summed E-state index contributed by atoms with van der Waals surface area (Å²) in [6, 6.07) is 3.47. The Balaban J connectivity index is 2.18. The molecule has 6 nitrogen and oxygen atoms in total. The van der Waals surface area contributed by atoms with E-state index in [0.717, 1.165) is 38.2 Å². The maximum Gasteiger partial charge on any atom is 0.204 e. The highest BCUT2D eigenvalue weighted by atomic mass is 16.3. The van der Waals surface area contributed by atoms with Gasteiger partial charge in [0.2, 0.25) is 5.43 Å². The molecule has 138 valence electrons. The molecule has 0 saturated carbocycles. The number of phenolic OH excluding ortho intramolecular Hbond substituents is 4. The third-order valence-corrected chi connectivity index (χ3v) is 4.61. The van der Waals surface area contributed by atoms with Crippen molar-refractivity contribution in [1.29, 1.82) is 0 Å². The molecule has 0 bridgehead atoms. The minimum atomic E-state index is -0.502. The molecule has 0 spiro atoms. The summed E-state index contributed by atoms with van der Waals surface area (Å²) in [5, 5.41) is 40.0. The van der Waals surface area contributed by atoms with Gasteiger partial charge in [-0.05, 0) is 12.8 Å². The van der Waals surface area contributed by atoms with E-state index in [4.69, 9.17) is 4.42 Å². The number of aryl methyl sites for hydroxylation is 1. The Morgan fingerprint density at radius 3 is 2.27 bits per heavy atom. The van der Waals surface area contributed by atoms with E-state index >= 15 is 0 Å². The number of rotatable bonds is 6. The maximum absolute atomic E-state index is 12.9. The van der Waals surface area contributed by atoms with E-state index in [1.807, 2.05) is 0 Å². The summed E-state index contributed by atoms with van der Waals surface area (Å²) >= 11 is 0. The lowest BCUT2D eigenvalue weighted by atomic mass is 9.98. The molecule has 3 rings (SSSR count). The Kier molecular flexibility index (Phi) is 4.93. The topological polar surface area (TPSA) is 111 Å². The molecule has 1 aromatic heterocycles. The molecule has 0 radical (unpaired) electrons. The minimum absolute atomic E-state index is 0.0129. The lowest BCUT2D eigenvalue weighted by Gasteiger charge is -2.11. The lowest BCUT2D eigenvalue weighted by Crippen LogP contribution is -2.06. The van der Waals surface area contributed by atoms with Crippen LogP contribution >= 0.6 is 0 Å². The Bertz CT molecular complexity index is 1020. The first kappa shape index (κ1) is 17.9. The van der Waals surface area contributed by atoms with Crippen molar-refractivity contribution in [3.63, 3.8) is 0 Å². The zero-order valence-electron chi connectivity index (χ0n) is 14.6. The summed E-state index contributed by atoms with van der Waals surface area (Å²) in [5.74, 6) is -1.33. The minimum Gasteiger partial charge on any atom is -0.508 e. The average Bonchev–Trinajstić information content (AvgIpc) is 2.57. The van der Waals surface area contributed by atoms with Gasteiger partial charge in [-0.15, -0.1) is 0 Å². The van der Waals surface area contributed by atoms with Crippen LogP contribution in [-0.4, -0.2) is 20.4 Å². The van der Waals surface area contributed by atoms with E-state index in [-0.39, 0.29) is 39.2 Å². The first-order valence-corrected chi connectivity index (χ1v) is 8.80. The third kappa shape index (κ3) is 3.14. The van der Waals surface area contributed by atoms with E-state index in [1.165, 1.54) is 12.1 Å². The lowest BCUT2D eigenvalue weighted by molar-refractivity contribution is 0.399. The molecule has 6 heteroatoms. The molecule has 0 aliphatic heterocycles. The number of hydrogen-bond donors (Lipinski definition) is 4. The van der Waals surface area contributed by atoms with E-state index in [1.54, 1.807) is 0 Å². The van der Waals surface area contributed by atoms with Crippen molar-refractivity contribution < 1.29 is 24.8 Å². The molecule has 0 fully saturated rings. The number of benzene rings is 2. The van der Waals surface area contributed by atoms with Crippen LogP contribution in [0.25, 0.3) is 21.9 Å². The Morgan fingerprint density at radius 2 is 1.54 bits per heavy atom. The fourth-order valence-corrected chi connectivity index (χ4v) is 3.30. The monoisotopic (exact) mass is 358 g/mol. The molecular weight excluding hydrogens is 336 g/mol. The molecule has 4 N–H and O–H groups in total. The zero-order chi connectivity index (χ0) is 18.8. The van der Waals surface area contributed by atoms with Crippen LogP contribution in [0.3, 0.4) is 0 Å². The van der Waals surface area contributed by atoms with E-state index in [2.05, 4.69) is 6.92 Å². The Hall–Kier alpha value is -2.89. The molecule has 3 aromatic rings. The maximum atomic E-state index is 12.9. The van der Waals surface area contributed by atoms with Gasteiger partial charge in [-0.25, -0.2) is 0 Å². The zero-order valence-corrected chi connectivity index (χ0v) is 14.6. The summed E-state index contributed by atoms with van der Waals surface area (Å²) in [5.41, 5.74) is -0.0671. The van der Waals surface area contributed by atoms with Crippen LogP contribution < -0.4 is 5.43 Å². The summed E-state index contributed by atoms with van der Waals surface area (Å²) in [4.78, 5) is 12.9. The first-order valence-electron chi connectivity index (χ1n) is 8.80. The number of fused-ring (bicyclic) bond motifs is 2. The standard InChI is InChI=1S/C20H22O6/c1-2-3-4-5-6-7-12-17-16(10-14(23)19(12)24)26-15-9-11(21)8-13(22)18(15)20(17)25/h8-10,21-24H,2-7H2,1H3. The van der Waals surface area contributed by atoms with Gasteiger partial charge in [0, 0.05) is 23.8 Å². The Labute approximate surface area is 149 Å². The van der Waals surface area contributed by atoms with Crippen LogP contribution in [0.2, 0.25) is 0 Å². The number of unbranched alkanes of at least 4 members (excludes halogenated alkanes) is 4. The molecule has 0 amide bonds. The van der Waals surface area contributed by atoms with Crippen LogP contribution in [0, 0.1) is 0 Å². The van der Waals surface area contributed by atoms with Gasteiger partial charge < -0.3 is 24.8 Å². The van der Waals surface area contributed by atoms with Gasteiger partial charge in [0.05, 0.1) is 5.39 Å². The predicted molar refractivity (Wildman–Crippen MR) is 99.1 cm³/mol. The van der Waals surface area contributed by atoms with Gasteiger partial charge in [-0.3, -0.25) is 4.79 Å². The summed E-state index contributed by atoms with van der Waals surface area (Å²) < 4.78 is 5.62. The van der Waals surface area contributed by atoms with Gasteiger partial charge in [-0.2, -0.15) is 0 Å². The van der Waals surface area contributed by atoms with Crippen LogP contribution in [0.1, 0.15) is 44.6 Å². The van der Waals surface area contributed by atoms with Crippen LogP contribution in [-0.2, 0) is 6.42 Å². The highest BCUT2D eigenvalue weighted by Crippen LogP contribution is 2.38. The first-order chi connectivity index (χ1) is 12.4. The molecule has 2 aromatic carbocycles. The average molecular weight is 358 g/mol. The van der Waals surface area contributed by atoms with Crippen LogP contribution in [0.5, 0.6) is 23.0 Å². The second kappa shape index (κ2) is 7.15. The second-order valence-electron chi connectivity index (χ2n) is 6.53. The van der Waals surface area contributed by atoms with Gasteiger partial charge in [0.1, 0.15) is 28.1 Å². The van der Waals surface area contributed by atoms with Crippen molar-refractivity contribution >= 4 is 21.9 Å². The van der Waals surface area contributed by atoms with Crippen molar-refractivity contribution in [2.75, 3.05) is 0 Å². The largest absolute Gasteiger partial charge is 0.508 e. The number of phenols is 4. The number of aromatic hydroxyl groups is 4. The molecule has 0 aliphatic rings. The molecule has 26 heavy (non-hydrogen) atoms. The molecule has 0 saturated heterocycles. The van der Waals surface area contributed by atoms with E-state index in [0.29, 0.717) is 12.0 Å². The third-order valence-electron chi connectivity index (χ3n) is 4.61. The van der Waals surface area contributed by atoms with E-state index < -0.39 is 11.2 Å².